The molecule has 1 aliphatic carbocycles. The van der Waals surface area contributed by atoms with E-state index in [0.29, 0.717) is 19.1 Å². The van der Waals surface area contributed by atoms with Crippen LogP contribution in [0.4, 0.5) is 4.79 Å². The monoisotopic (exact) mass is 433 g/mol. The molecular formula is C28H39N3O. The van der Waals surface area contributed by atoms with Crippen LogP contribution in [-0.2, 0) is 13.1 Å². The first kappa shape index (κ1) is 22.8. The van der Waals surface area contributed by atoms with Crippen molar-refractivity contribution in [3.63, 3.8) is 0 Å². The molecule has 0 spiro atoms. The van der Waals surface area contributed by atoms with Crippen molar-refractivity contribution in [3.8, 4) is 0 Å². The van der Waals surface area contributed by atoms with E-state index in [-0.39, 0.29) is 6.03 Å². The first-order chi connectivity index (χ1) is 15.7. The van der Waals surface area contributed by atoms with Crippen LogP contribution < -0.4 is 5.32 Å². The second-order valence-electron chi connectivity index (χ2n) is 9.79. The Labute approximate surface area is 194 Å². The van der Waals surface area contributed by atoms with Crippen LogP contribution in [0.25, 0.3) is 0 Å². The van der Waals surface area contributed by atoms with Crippen molar-refractivity contribution < 1.29 is 4.79 Å². The van der Waals surface area contributed by atoms with Gasteiger partial charge in [-0.2, -0.15) is 0 Å². The molecule has 4 rings (SSSR count). The molecule has 32 heavy (non-hydrogen) atoms. The molecule has 0 aromatic heterocycles. The Morgan fingerprint density at radius 1 is 0.906 bits per heavy atom. The summed E-state index contributed by atoms with van der Waals surface area (Å²) in [5.41, 5.74) is 3.60. The molecule has 1 heterocycles. The second kappa shape index (κ2) is 11.5. The van der Waals surface area contributed by atoms with Gasteiger partial charge in [-0.15, -0.1) is 0 Å². The van der Waals surface area contributed by atoms with Gasteiger partial charge in [0.25, 0.3) is 0 Å². The Balaban J connectivity index is 1.36. The van der Waals surface area contributed by atoms with Gasteiger partial charge in [0.2, 0.25) is 0 Å². The van der Waals surface area contributed by atoms with E-state index in [0.717, 1.165) is 37.4 Å². The van der Waals surface area contributed by atoms with Crippen molar-refractivity contribution in [3.05, 3.63) is 71.3 Å². The minimum Gasteiger partial charge on any atom is -0.334 e. The minimum atomic E-state index is 0.0557. The number of amides is 2. The summed E-state index contributed by atoms with van der Waals surface area (Å²) in [6, 6.07) is 19.1. The van der Waals surface area contributed by atoms with E-state index in [1.165, 1.54) is 49.8 Å². The topological polar surface area (TPSA) is 35.6 Å². The van der Waals surface area contributed by atoms with Gasteiger partial charge in [-0.1, -0.05) is 79.4 Å². The lowest BCUT2D eigenvalue weighted by molar-refractivity contribution is 0.102. The number of aryl methyl sites for hydroxylation is 1. The lowest BCUT2D eigenvalue weighted by Crippen LogP contribution is -2.50. The van der Waals surface area contributed by atoms with Gasteiger partial charge in [0, 0.05) is 38.8 Å². The molecular weight excluding hydrogens is 394 g/mol. The molecule has 1 aliphatic heterocycles. The van der Waals surface area contributed by atoms with Crippen LogP contribution in [0, 0.1) is 12.8 Å². The van der Waals surface area contributed by atoms with E-state index < -0.39 is 0 Å². The van der Waals surface area contributed by atoms with Gasteiger partial charge in [0.1, 0.15) is 0 Å². The normalized spacial score (nSPS) is 18.4. The molecule has 4 nitrogen and oxygen atoms in total. The molecule has 1 saturated carbocycles. The summed E-state index contributed by atoms with van der Waals surface area (Å²) in [6.07, 6.45) is 9.18. The van der Waals surface area contributed by atoms with Gasteiger partial charge in [0.15, 0.2) is 0 Å². The summed E-state index contributed by atoms with van der Waals surface area (Å²) in [5, 5.41) is 3.18. The van der Waals surface area contributed by atoms with E-state index in [4.69, 9.17) is 0 Å². The Morgan fingerprint density at radius 3 is 2.28 bits per heavy atom. The number of likely N-dealkylation sites (tertiary alicyclic amines) is 1. The van der Waals surface area contributed by atoms with E-state index in [2.05, 4.69) is 58.4 Å². The molecule has 4 heteroatoms. The first-order valence-corrected chi connectivity index (χ1v) is 12.5. The van der Waals surface area contributed by atoms with Crippen molar-refractivity contribution in [2.45, 2.75) is 71.0 Å². The summed E-state index contributed by atoms with van der Waals surface area (Å²) in [5.74, 6) is 0.887. The average molecular weight is 434 g/mol. The van der Waals surface area contributed by atoms with E-state index in [1.807, 2.05) is 18.2 Å². The Morgan fingerprint density at radius 2 is 1.59 bits per heavy atom. The first-order valence-electron chi connectivity index (χ1n) is 12.5. The summed E-state index contributed by atoms with van der Waals surface area (Å²) < 4.78 is 0. The number of rotatable bonds is 7. The number of hydrogen-bond acceptors (Lipinski definition) is 2. The summed E-state index contributed by atoms with van der Waals surface area (Å²) in [4.78, 5) is 18.0. The molecule has 1 N–H and O–H groups in total. The highest BCUT2D eigenvalue weighted by atomic mass is 16.2. The summed E-state index contributed by atoms with van der Waals surface area (Å²) in [6.45, 7) is 6.83. The quantitative estimate of drug-likeness (QED) is 0.603. The SMILES string of the molecule is Cc1ccc(CN(C(=O)NCc2ccccc2)C2CCN(CC3CCCCC3)CC2)cc1. The van der Waals surface area contributed by atoms with Gasteiger partial charge in [-0.05, 0) is 49.7 Å². The van der Waals surface area contributed by atoms with E-state index in [9.17, 15) is 4.79 Å². The van der Waals surface area contributed by atoms with E-state index >= 15 is 0 Å². The van der Waals surface area contributed by atoms with Gasteiger partial charge < -0.3 is 15.1 Å². The van der Waals surface area contributed by atoms with E-state index in [1.54, 1.807) is 0 Å². The zero-order chi connectivity index (χ0) is 22.2. The van der Waals surface area contributed by atoms with Gasteiger partial charge in [-0.25, -0.2) is 4.79 Å². The zero-order valence-electron chi connectivity index (χ0n) is 19.6. The Hall–Kier alpha value is -2.33. The smallest absolute Gasteiger partial charge is 0.318 e. The highest BCUT2D eigenvalue weighted by Crippen LogP contribution is 2.26. The van der Waals surface area contributed by atoms with Crippen LogP contribution in [0.1, 0.15) is 61.6 Å². The van der Waals surface area contributed by atoms with Gasteiger partial charge in [0.05, 0.1) is 0 Å². The lowest BCUT2D eigenvalue weighted by Gasteiger charge is -2.40. The molecule has 2 aromatic rings. The highest BCUT2D eigenvalue weighted by molar-refractivity contribution is 5.74. The summed E-state index contributed by atoms with van der Waals surface area (Å²) >= 11 is 0. The number of piperidine rings is 1. The standard InChI is InChI=1S/C28H39N3O/c1-23-12-14-26(15-13-23)22-31(28(32)29-20-24-8-4-2-5-9-24)27-16-18-30(19-17-27)21-25-10-6-3-7-11-25/h2,4-5,8-9,12-15,25,27H,3,6-7,10-11,16-22H2,1H3,(H,29,32). The molecule has 0 bridgehead atoms. The third kappa shape index (κ3) is 6.59. The second-order valence-corrected chi connectivity index (χ2v) is 9.79. The lowest BCUT2D eigenvalue weighted by atomic mass is 9.88. The number of carbonyl (C=O) groups excluding carboxylic acids is 1. The fourth-order valence-electron chi connectivity index (χ4n) is 5.28. The fourth-order valence-corrected chi connectivity index (χ4v) is 5.28. The molecule has 2 aliphatic rings. The van der Waals surface area contributed by atoms with Crippen molar-refractivity contribution in [2.75, 3.05) is 19.6 Å². The van der Waals surface area contributed by atoms with Crippen LogP contribution in [0.3, 0.4) is 0 Å². The van der Waals surface area contributed by atoms with Crippen LogP contribution in [0.15, 0.2) is 54.6 Å². The molecule has 2 fully saturated rings. The maximum atomic E-state index is 13.3. The predicted octanol–water partition coefficient (Wildman–Crippen LogP) is 5.75. The molecule has 2 aromatic carbocycles. The molecule has 0 unspecified atom stereocenters. The molecule has 2 amide bonds. The third-order valence-corrected chi connectivity index (χ3v) is 7.26. The largest absolute Gasteiger partial charge is 0.334 e. The fraction of sp³-hybridized carbons (Fsp3) is 0.536. The van der Waals surface area contributed by atoms with Crippen molar-refractivity contribution in [1.82, 2.24) is 15.1 Å². The number of nitrogens with zero attached hydrogens (tertiary/aromatic N) is 2. The van der Waals surface area contributed by atoms with Crippen molar-refractivity contribution in [2.24, 2.45) is 5.92 Å². The molecule has 0 radical (unpaired) electrons. The van der Waals surface area contributed by atoms with Gasteiger partial charge >= 0.3 is 6.03 Å². The number of carbonyl (C=O) groups is 1. The number of benzene rings is 2. The Bertz CT molecular complexity index is 822. The zero-order valence-corrected chi connectivity index (χ0v) is 19.6. The minimum absolute atomic E-state index is 0.0557. The van der Waals surface area contributed by atoms with Gasteiger partial charge in [-0.3, -0.25) is 0 Å². The predicted molar refractivity (Wildman–Crippen MR) is 131 cm³/mol. The highest BCUT2D eigenvalue weighted by Gasteiger charge is 2.29. The van der Waals surface area contributed by atoms with Crippen LogP contribution in [-0.4, -0.2) is 41.5 Å². The third-order valence-electron chi connectivity index (χ3n) is 7.26. The van der Waals surface area contributed by atoms with Crippen LogP contribution >= 0.6 is 0 Å². The summed E-state index contributed by atoms with van der Waals surface area (Å²) in [7, 11) is 0. The molecule has 172 valence electrons. The number of urea groups is 1. The van der Waals surface area contributed by atoms with Crippen LogP contribution in [0.2, 0.25) is 0 Å². The van der Waals surface area contributed by atoms with Crippen molar-refractivity contribution >= 4 is 6.03 Å². The molecule has 0 atom stereocenters. The van der Waals surface area contributed by atoms with Crippen molar-refractivity contribution in [1.29, 1.82) is 0 Å². The maximum Gasteiger partial charge on any atom is 0.318 e. The number of nitrogens with one attached hydrogen (secondary N) is 1. The molecule has 1 saturated heterocycles. The number of hydrogen-bond donors (Lipinski definition) is 1. The van der Waals surface area contributed by atoms with Crippen LogP contribution in [0.5, 0.6) is 0 Å². The Kier molecular flexibility index (Phi) is 8.22. The maximum absolute atomic E-state index is 13.3. The average Bonchev–Trinajstić information content (AvgIpc) is 2.84.